The molecule has 0 spiro atoms. The summed E-state index contributed by atoms with van der Waals surface area (Å²) in [6.45, 7) is 7.57. The lowest BCUT2D eigenvalue weighted by atomic mass is 9.96. The zero-order chi connectivity index (χ0) is 32.1. The Morgan fingerprint density at radius 1 is 1.09 bits per heavy atom. The molecular weight excluding hydrogens is 639 g/mol. The van der Waals surface area contributed by atoms with Gasteiger partial charge in [-0.1, -0.05) is 29.3 Å². The van der Waals surface area contributed by atoms with Gasteiger partial charge in [-0.15, -0.1) is 0 Å². The summed E-state index contributed by atoms with van der Waals surface area (Å²) in [7, 11) is -4.04. The van der Waals surface area contributed by atoms with Crippen molar-refractivity contribution in [3.05, 3.63) is 52.3 Å². The predicted octanol–water partition coefficient (Wildman–Crippen LogP) is 4.13. The predicted molar refractivity (Wildman–Crippen MR) is 169 cm³/mol. The van der Waals surface area contributed by atoms with Gasteiger partial charge in [0.2, 0.25) is 5.91 Å². The minimum Gasteiger partial charge on any atom is -0.425 e. The molecule has 6 rings (SSSR count). The normalized spacial score (nSPS) is 23.8. The number of carbonyl (C=O) groups excluding carboxylic acids is 2. The molecule has 240 valence electrons. The SMILES string of the molecule is CC(C)N1CCN(c2ccc(S(=O)(=O)[C@@H]3C[C@H](OC(=O)NC4(C#N)CC4)N(C(=O)C4(c5ccc(Cl)nc5)CC4)C3)c(Cl)c2)CC1. The molecule has 2 saturated carbocycles. The number of piperazine rings is 1. The third kappa shape index (κ3) is 6.20. The molecule has 0 radical (unpaired) electrons. The maximum atomic E-state index is 14.1. The number of ether oxygens (including phenoxy) is 1. The van der Waals surface area contributed by atoms with Crippen LogP contribution in [0.15, 0.2) is 41.4 Å². The van der Waals surface area contributed by atoms with E-state index in [0.717, 1.165) is 31.9 Å². The highest BCUT2D eigenvalue weighted by molar-refractivity contribution is 7.92. The monoisotopic (exact) mass is 674 g/mol. The second kappa shape index (κ2) is 11.9. The van der Waals surface area contributed by atoms with Crippen LogP contribution in [-0.4, -0.2) is 91.0 Å². The first kappa shape index (κ1) is 31.9. The number of pyridine rings is 1. The average molecular weight is 676 g/mol. The number of sulfone groups is 1. The van der Waals surface area contributed by atoms with Gasteiger partial charge in [-0.2, -0.15) is 5.26 Å². The Morgan fingerprint density at radius 3 is 2.36 bits per heavy atom. The van der Waals surface area contributed by atoms with Crippen LogP contribution in [0.2, 0.25) is 10.2 Å². The van der Waals surface area contributed by atoms with Crippen LogP contribution in [0.25, 0.3) is 0 Å². The van der Waals surface area contributed by atoms with Crippen LogP contribution < -0.4 is 10.2 Å². The average Bonchev–Trinajstić information content (AvgIpc) is 3.94. The van der Waals surface area contributed by atoms with E-state index in [1.54, 1.807) is 30.5 Å². The summed E-state index contributed by atoms with van der Waals surface area (Å²) in [5.74, 6) is -0.342. The highest BCUT2D eigenvalue weighted by atomic mass is 35.5. The Hall–Kier alpha value is -3.11. The van der Waals surface area contributed by atoms with Crippen LogP contribution in [0.4, 0.5) is 10.5 Å². The third-order valence-corrected chi connectivity index (χ3v) is 12.4. The number of rotatable bonds is 8. The van der Waals surface area contributed by atoms with E-state index >= 15 is 0 Å². The van der Waals surface area contributed by atoms with Gasteiger partial charge in [0, 0.05) is 57.1 Å². The number of carbonyl (C=O) groups is 2. The van der Waals surface area contributed by atoms with Crippen molar-refractivity contribution < 1.29 is 22.7 Å². The molecule has 45 heavy (non-hydrogen) atoms. The Morgan fingerprint density at radius 2 is 1.80 bits per heavy atom. The summed E-state index contributed by atoms with van der Waals surface area (Å²) in [6.07, 6.45) is 1.47. The zero-order valence-corrected chi connectivity index (χ0v) is 27.5. The lowest BCUT2D eigenvalue weighted by molar-refractivity contribution is -0.140. The molecule has 4 fully saturated rings. The van der Waals surface area contributed by atoms with Crippen LogP contribution in [0.3, 0.4) is 0 Å². The molecule has 2 aliphatic carbocycles. The number of alkyl carbamates (subject to hydrolysis) is 1. The number of aromatic nitrogens is 1. The number of benzene rings is 1. The van der Waals surface area contributed by atoms with E-state index in [9.17, 15) is 23.3 Å². The van der Waals surface area contributed by atoms with Crippen molar-refractivity contribution in [3.63, 3.8) is 0 Å². The molecule has 0 unspecified atom stereocenters. The summed E-state index contributed by atoms with van der Waals surface area (Å²) in [5.41, 5.74) is -0.375. The van der Waals surface area contributed by atoms with Crippen molar-refractivity contribution in [1.82, 2.24) is 20.1 Å². The molecule has 14 heteroatoms. The van der Waals surface area contributed by atoms with Crippen molar-refractivity contribution in [3.8, 4) is 6.07 Å². The third-order valence-electron chi connectivity index (χ3n) is 9.53. The van der Waals surface area contributed by atoms with Gasteiger partial charge in [0.25, 0.3) is 0 Å². The maximum absolute atomic E-state index is 14.1. The molecule has 1 aromatic carbocycles. The Balaban J connectivity index is 1.23. The minimum absolute atomic E-state index is 0.0271. The maximum Gasteiger partial charge on any atom is 0.410 e. The zero-order valence-electron chi connectivity index (χ0n) is 25.2. The molecule has 3 heterocycles. The Labute approximate surface area is 273 Å². The number of nitriles is 1. The molecule has 2 saturated heterocycles. The number of nitrogens with zero attached hydrogens (tertiary/aromatic N) is 5. The number of anilines is 1. The molecule has 1 N–H and O–H groups in total. The Bertz CT molecular complexity index is 1630. The van der Waals surface area contributed by atoms with Gasteiger partial charge in [0.05, 0.1) is 26.7 Å². The Kier molecular flexibility index (Phi) is 8.44. The van der Waals surface area contributed by atoms with Gasteiger partial charge in [-0.25, -0.2) is 18.2 Å². The number of amides is 2. The summed E-state index contributed by atoms with van der Waals surface area (Å²) in [4.78, 5) is 37.0. The van der Waals surface area contributed by atoms with Gasteiger partial charge < -0.3 is 19.9 Å². The summed E-state index contributed by atoms with van der Waals surface area (Å²) in [5, 5.41) is 11.3. The fraction of sp³-hybridized carbons (Fsp3) is 0.548. The summed E-state index contributed by atoms with van der Waals surface area (Å²) >= 11 is 12.6. The summed E-state index contributed by atoms with van der Waals surface area (Å²) in [6, 6.07) is 10.9. The first-order valence-electron chi connectivity index (χ1n) is 15.2. The largest absolute Gasteiger partial charge is 0.425 e. The van der Waals surface area contributed by atoms with E-state index < -0.39 is 38.4 Å². The van der Waals surface area contributed by atoms with Crippen LogP contribution in [0.1, 0.15) is 51.5 Å². The molecule has 2 aliphatic heterocycles. The molecule has 2 aromatic rings. The van der Waals surface area contributed by atoms with Gasteiger partial charge in [-0.3, -0.25) is 9.69 Å². The fourth-order valence-corrected chi connectivity index (χ4v) is 8.66. The van der Waals surface area contributed by atoms with E-state index in [1.165, 1.54) is 11.0 Å². The van der Waals surface area contributed by atoms with Gasteiger partial charge in [0.15, 0.2) is 16.1 Å². The quantitative estimate of drug-likeness (QED) is 0.410. The molecule has 4 aliphatic rings. The smallest absolute Gasteiger partial charge is 0.410 e. The van der Waals surface area contributed by atoms with Crippen LogP contribution in [0, 0.1) is 11.3 Å². The van der Waals surface area contributed by atoms with Crippen molar-refractivity contribution in [2.75, 3.05) is 37.6 Å². The number of likely N-dealkylation sites (tertiary alicyclic amines) is 1. The van der Waals surface area contributed by atoms with Gasteiger partial charge in [0.1, 0.15) is 10.7 Å². The standard InChI is InChI=1S/C31H36Cl2N6O5S/c1-20(2)37-11-13-38(14-12-37)22-4-5-25(24(32)15-22)45(42,43)23-16-27(44-29(41)36-30(19-34)7-8-30)39(18-23)28(40)31(9-10-31)21-3-6-26(33)35-17-21/h3-6,15,17,20,23,27H,7-14,16,18H2,1-2H3,(H,36,41)/t23-,27+/m1/s1. The van der Waals surface area contributed by atoms with E-state index in [4.69, 9.17) is 27.9 Å². The second-order valence-electron chi connectivity index (χ2n) is 12.7. The molecule has 2 atom stereocenters. The number of hydrogen-bond acceptors (Lipinski definition) is 9. The van der Waals surface area contributed by atoms with Gasteiger partial charge >= 0.3 is 6.09 Å². The summed E-state index contributed by atoms with van der Waals surface area (Å²) < 4.78 is 33.8. The van der Waals surface area contributed by atoms with Crippen LogP contribution in [-0.2, 0) is 24.8 Å². The molecular formula is C31H36Cl2N6O5S. The van der Waals surface area contributed by atoms with E-state index in [-0.39, 0.29) is 28.8 Å². The lowest BCUT2D eigenvalue weighted by Crippen LogP contribution is -2.48. The van der Waals surface area contributed by atoms with Crippen molar-refractivity contribution in [2.45, 2.75) is 79.3 Å². The fourth-order valence-electron chi connectivity index (χ4n) is 6.33. The number of hydrogen-bond donors (Lipinski definition) is 1. The second-order valence-corrected chi connectivity index (χ2v) is 15.7. The van der Waals surface area contributed by atoms with E-state index in [2.05, 4.69) is 40.0 Å². The first-order chi connectivity index (χ1) is 21.4. The molecule has 11 nitrogen and oxygen atoms in total. The van der Waals surface area contributed by atoms with Crippen LogP contribution in [0.5, 0.6) is 0 Å². The number of halogens is 2. The van der Waals surface area contributed by atoms with Crippen molar-refractivity contribution in [2.24, 2.45) is 0 Å². The lowest BCUT2D eigenvalue weighted by Gasteiger charge is -2.38. The highest BCUT2D eigenvalue weighted by Gasteiger charge is 2.57. The highest BCUT2D eigenvalue weighted by Crippen LogP contribution is 2.51. The van der Waals surface area contributed by atoms with Gasteiger partial charge in [-0.05, 0) is 69.4 Å². The molecule has 2 amide bonds. The van der Waals surface area contributed by atoms with Crippen molar-refractivity contribution in [1.29, 1.82) is 5.26 Å². The topological polar surface area (TPSA) is 136 Å². The van der Waals surface area contributed by atoms with Crippen molar-refractivity contribution >= 4 is 50.7 Å². The number of nitrogens with one attached hydrogen (secondary N) is 1. The van der Waals surface area contributed by atoms with E-state index in [0.29, 0.717) is 42.4 Å². The first-order valence-corrected chi connectivity index (χ1v) is 17.5. The van der Waals surface area contributed by atoms with E-state index in [1.807, 2.05) is 0 Å². The minimum atomic E-state index is -4.04. The molecule has 0 bridgehead atoms. The molecule has 1 aromatic heterocycles. The van der Waals surface area contributed by atoms with Crippen LogP contribution >= 0.6 is 23.2 Å².